The van der Waals surface area contributed by atoms with Gasteiger partial charge in [0.2, 0.25) is 0 Å². The first-order chi connectivity index (χ1) is 15.4. The molecule has 0 atom stereocenters. The number of halogens is 4. The SMILES string of the molecule is N#C/C(=C/c1cc(Cl)c(OCc2ccc(Cl)cc2Cl)c(Cl)c1)c1ccc2ccccc2c1. The van der Waals surface area contributed by atoms with Crippen molar-refractivity contribution in [3.63, 3.8) is 0 Å². The minimum Gasteiger partial charge on any atom is -0.486 e. The Balaban J connectivity index is 1.61. The molecular formula is C26H15Cl4NO. The van der Waals surface area contributed by atoms with Crippen LogP contribution in [0.4, 0.5) is 0 Å². The lowest BCUT2D eigenvalue weighted by Crippen LogP contribution is -1.98. The summed E-state index contributed by atoms with van der Waals surface area (Å²) in [4.78, 5) is 0. The molecule has 2 nitrogen and oxygen atoms in total. The minimum absolute atomic E-state index is 0.186. The van der Waals surface area contributed by atoms with Crippen LogP contribution < -0.4 is 4.74 Å². The van der Waals surface area contributed by atoms with Crippen LogP contribution in [-0.4, -0.2) is 0 Å². The number of nitriles is 1. The molecule has 0 spiro atoms. The van der Waals surface area contributed by atoms with Gasteiger partial charge in [-0.25, -0.2) is 0 Å². The smallest absolute Gasteiger partial charge is 0.157 e. The van der Waals surface area contributed by atoms with Gasteiger partial charge in [-0.15, -0.1) is 0 Å². The van der Waals surface area contributed by atoms with Crippen molar-refractivity contribution < 1.29 is 4.74 Å². The summed E-state index contributed by atoms with van der Waals surface area (Å²) in [5, 5.41) is 13.6. The maximum atomic E-state index is 9.73. The van der Waals surface area contributed by atoms with Crippen LogP contribution in [0.25, 0.3) is 22.4 Å². The second-order valence-corrected chi connectivity index (χ2v) is 8.73. The molecule has 0 fully saturated rings. The van der Waals surface area contributed by atoms with Crippen LogP contribution in [0.3, 0.4) is 0 Å². The lowest BCUT2D eigenvalue weighted by atomic mass is 10.00. The van der Waals surface area contributed by atoms with E-state index in [9.17, 15) is 5.26 Å². The van der Waals surface area contributed by atoms with Crippen molar-refractivity contribution in [1.82, 2.24) is 0 Å². The number of nitrogens with zero attached hydrogens (tertiary/aromatic N) is 1. The predicted octanol–water partition coefficient (Wildman–Crippen LogP) is 9.10. The molecule has 0 bridgehead atoms. The molecule has 0 amide bonds. The summed E-state index contributed by atoms with van der Waals surface area (Å²) in [7, 11) is 0. The summed E-state index contributed by atoms with van der Waals surface area (Å²) in [6, 6.07) is 24.8. The molecule has 0 aliphatic carbocycles. The highest BCUT2D eigenvalue weighted by atomic mass is 35.5. The van der Waals surface area contributed by atoms with E-state index in [4.69, 9.17) is 51.1 Å². The molecule has 4 rings (SSSR count). The van der Waals surface area contributed by atoms with Gasteiger partial charge < -0.3 is 4.74 Å². The van der Waals surface area contributed by atoms with Crippen LogP contribution in [0.1, 0.15) is 16.7 Å². The van der Waals surface area contributed by atoms with Gasteiger partial charge in [0, 0.05) is 15.6 Å². The van der Waals surface area contributed by atoms with E-state index >= 15 is 0 Å². The number of ether oxygens (including phenoxy) is 1. The normalized spacial score (nSPS) is 11.4. The average Bonchev–Trinajstić information content (AvgIpc) is 2.78. The molecule has 0 saturated heterocycles. The molecule has 0 aromatic heterocycles. The molecule has 0 aliphatic rings. The van der Waals surface area contributed by atoms with E-state index in [1.165, 1.54) is 0 Å². The van der Waals surface area contributed by atoms with Crippen LogP contribution in [0, 0.1) is 11.3 Å². The zero-order valence-electron chi connectivity index (χ0n) is 16.6. The lowest BCUT2D eigenvalue weighted by Gasteiger charge is -2.12. The van der Waals surface area contributed by atoms with Gasteiger partial charge >= 0.3 is 0 Å². The molecule has 0 saturated carbocycles. The molecule has 0 unspecified atom stereocenters. The standard InChI is InChI=1S/C26H15Cl4NO/c27-22-8-7-20(23(28)13-22)15-32-26-24(29)10-16(11-25(26)30)9-21(14-31)19-6-5-17-3-1-2-4-18(17)12-19/h1-13H,15H2/b21-9-. The average molecular weight is 499 g/mol. The molecule has 6 heteroatoms. The van der Waals surface area contributed by atoms with E-state index in [0.29, 0.717) is 37.0 Å². The number of hydrogen-bond donors (Lipinski definition) is 0. The molecule has 0 N–H and O–H groups in total. The number of rotatable bonds is 5. The fourth-order valence-corrected chi connectivity index (χ4v) is 4.37. The summed E-state index contributed by atoms with van der Waals surface area (Å²) in [6.07, 6.45) is 1.75. The van der Waals surface area contributed by atoms with Gasteiger partial charge in [0.1, 0.15) is 6.61 Å². The molecule has 32 heavy (non-hydrogen) atoms. The van der Waals surface area contributed by atoms with Gasteiger partial charge in [0.25, 0.3) is 0 Å². The summed E-state index contributed by atoms with van der Waals surface area (Å²) in [5.74, 6) is 0.348. The molecular weight excluding hydrogens is 484 g/mol. The second kappa shape index (κ2) is 9.86. The van der Waals surface area contributed by atoms with E-state index in [0.717, 1.165) is 21.9 Å². The topological polar surface area (TPSA) is 33.0 Å². The van der Waals surface area contributed by atoms with Crippen LogP contribution >= 0.6 is 46.4 Å². The first kappa shape index (κ1) is 22.5. The van der Waals surface area contributed by atoms with Crippen molar-refractivity contribution in [2.45, 2.75) is 6.61 Å². The van der Waals surface area contributed by atoms with Crippen LogP contribution in [-0.2, 0) is 6.61 Å². The zero-order chi connectivity index (χ0) is 22.7. The molecule has 0 aliphatic heterocycles. The largest absolute Gasteiger partial charge is 0.486 e. The first-order valence-electron chi connectivity index (χ1n) is 9.61. The Morgan fingerprint density at radius 2 is 1.53 bits per heavy atom. The van der Waals surface area contributed by atoms with Gasteiger partial charge in [0.05, 0.1) is 21.7 Å². The quantitative estimate of drug-likeness (QED) is 0.203. The molecule has 4 aromatic carbocycles. The van der Waals surface area contributed by atoms with Crippen LogP contribution in [0.15, 0.2) is 72.8 Å². The Labute approximate surface area is 206 Å². The van der Waals surface area contributed by atoms with Crippen molar-refractivity contribution in [1.29, 1.82) is 5.26 Å². The van der Waals surface area contributed by atoms with Gasteiger partial charge in [0.15, 0.2) is 5.75 Å². The molecule has 0 heterocycles. The van der Waals surface area contributed by atoms with Crippen LogP contribution in [0.5, 0.6) is 5.75 Å². The number of allylic oxidation sites excluding steroid dienone is 1. The Hall–Kier alpha value is -2.67. The number of fused-ring (bicyclic) bond motifs is 1. The number of benzene rings is 4. The minimum atomic E-state index is 0.186. The van der Waals surface area contributed by atoms with E-state index in [1.54, 1.807) is 36.4 Å². The van der Waals surface area contributed by atoms with E-state index in [2.05, 4.69) is 6.07 Å². The highest BCUT2D eigenvalue weighted by molar-refractivity contribution is 6.37. The Bertz CT molecular complexity index is 1370. The third-order valence-corrected chi connectivity index (χ3v) is 6.05. The Morgan fingerprint density at radius 1 is 0.812 bits per heavy atom. The first-order valence-corrected chi connectivity index (χ1v) is 11.1. The monoisotopic (exact) mass is 497 g/mol. The highest BCUT2D eigenvalue weighted by Gasteiger charge is 2.12. The maximum Gasteiger partial charge on any atom is 0.157 e. The van der Waals surface area contributed by atoms with Crippen molar-refractivity contribution in [3.05, 3.63) is 110 Å². The summed E-state index contributed by atoms with van der Waals surface area (Å²) in [5.41, 5.74) is 2.78. The summed E-state index contributed by atoms with van der Waals surface area (Å²) in [6.45, 7) is 0.186. The highest BCUT2D eigenvalue weighted by Crippen LogP contribution is 2.36. The van der Waals surface area contributed by atoms with Gasteiger partial charge in [-0.2, -0.15) is 5.26 Å². The zero-order valence-corrected chi connectivity index (χ0v) is 19.6. The fourth-order valence-electron chi connectivity index (χ4n) is 3.29. The van der Waals surface area contributed by atoms with Crippen molar-refractivity contribution in [2.24, 2.45) is 0 Å². The Kier molecular flexibility index (Phi) is 6.94. The number of hydrogen-bond acceptors (Lipinski definition) is 2. The second-order valence-electron chi connectivity index (χ2n) is 7.07. The van der Waals surface area contributed by atoms with Crippen LogP contribution in [0.2, 0.25) is 20.1 Å². The van der Waals surface area contributed by atoms with Crippen molar-refractivity contribution >= 4 is 68.8 Å². The Morgan fingerprint density at radius 3 is 2.22 bits per heavy atom. The van der Waals surface area contributed by atoms with Gasteiger partial charge in [-0.1, -0.05) is 88.9 Å². The summed E-state index contributed by atoms with van der Waals surface area (Å²) >= 11 is 25.0. The van der Waals surface area contributed by atoms with Gasteiger partial charge in [-0.05, 0) is 58.3 Å². The van der Waals surface area contributed by atoms with E-state index in [-0.39, 0.29) is 6.61 Å². The molecule has 0 radical (unpaired) electrons. The fraction of sp³-hybridized carbons (Fsp3) is 0.0385. The van der Waals surface area contributed by atoms with Crippen molar-refractivity contribution in [2.75, 3.05) is 0 Å². The van der Waals surface area contributed by atoms with Crippen molar-refractivity contribution in [3.8, 4) is 11.8 Å². The molecule has 4 aromatic rings. The molecule has 158 valence electrons. The maximum absolute atomic E-state index is 9.73. The van der Waals surface area contributed by atoms with E-state index < -0.39 is 0 Å². The lowest BCUT2D eigenvalue weighted by molar-refractivity contribution is 0.306. The summed E-state index contributed by atoms with van der Waals surface area (Å²) < 4.78 is 5.82. The third kappa shape index (κ3) is 5.04. The predicted molar refractivity (Wildman–Crippen MR) is 135 cm³/mol. The van der Waals surface area contributed by atoms with Gasteiger partial charge in [-0.3, -0.25) is 0 Å². The third-order valence-electron chi connectivity index (χ3n) is 4.90. The van der Waals surface area contributed by atoms with E-state index in [1.807, 2.05) is 42.5 Å².